The van der Waals surface area contributed by atoms with Crippen molar-refractivity contribution in [3.8, 4) is 16.9 Å². The van der Waals surface area contributed by atoms with Gasteiger partial charge in [0.2, 0.25) is 5.91 Å². The molecule has 3 atom stereocenters. The van der Waals surface area contributed by atoms with Crippen LogP contribution in [0, 0.1) is 6.92 Å². The normalized spacial score (nSPS) is 17.5. The van der Waals surface area contributed by atoms with Crippen LogP contribution in [0.5, 0.6) is 0 Å². The standard InChI is InChI=1S/C33H37ClN6O3.CH4/c1-8-27(42)38-16-21(6)39(17-20(38)5)31-25-15-26(34)29(24-12-10-9-11-23(24)22(7)41)36-32(25)40(33(43)37-31)30-19(4)13-14-35-28(30)18(2)3;/h8-15,18,20-22,41H,1,16-17H2,2-7H3;1H4/t20-,21+,22?;/m1./s1. The summed E-state index contributed by atoms with van der Waals surface area (Å²) in [5.41, 5.74) is 3.94. The molecule has 9 nitrogen and oxygen atoms in total. The van der Waals surface area contributed by atoms with Gasteiger partial charge in [0.25, 0.3) is 0 Å². The summed E-state index contributed by atoms with van der Waals surface area (Å²) in [4.78, 5) is 44.8. The Kier molecular flexibility index (Phi) is 9.61. The first kappa shape index (κ1) is 32.8. The Balaban J connectivity index is 0.00000442. The van der Waals surface area contributed by atoms with Gasteiger partial charge >= 0.3 is 5.69 Å². The molecule has 1 aromatic carbocycles. The van der Waals surface area contributed by atoms with Crippen molar-refractivity contribution in [3.05, 3.63) is 87.6 Å². The molecule has 1 unspecified atom stereocenters. The monoisotopic (exact) mass is 616 g/mol. The number of nitrogens with zero attached hydrogens (tertiary/aromatic N) is 6. The molecule has 1 fully saturated rings. The fourth-order valence-electron chi connectivity index (χ4n) is 5.92. The van der Waals surface area contributed by atoms with Gasteiger partial charge in [-0.15, -0.1) is 0 Å². The summed E-state index contributed by atoms with van der Waals surface area (Å²) in [6.45, 7) is 16.2. The number of halogens is 1. The van der Waals surface area contributed by atoms with Crippen molar-refractivity contribution in [2.75, 3.05) is 18.0 Å². The van der Waals surface area contributed by atoms with Crippen molar-refractivity contribution in [2.24, 2.45) is 0 Å². The zero-order valence-electron chi connectivity index (χ0n) is 25.4. The van der Waals surface area contributed by atoms with Crippen LogP contribution in [0.4, 0.5) is 5.82 Å². The molecule has 0 saturated carbocycles. The van der Waals surface area contributed by atoms with Gasteiger partial charge in [-0.25, -0.2) is 14.3 Å². The minimum atomic E-state index is -0.759. The van der Waals surface area contributed by atoms with Gasteiger partial charge in [-0.2, -0.15) is 4.98 Å². The van der Waals surface area contributed by atoms with E-state index in [-0.39, 0.29) is 31.3 Å². The topological polar surface area (TPSA) is 104 Å². The second kappa shape index (κ2) is 12.9. The average molecular weight is 617 g/mol. The Morgan fingerprint density at radius 1 is 1.11 bits per heavy atom. The summed E-state index contributed by atoms with van der Waals surface area (Å²) in [6.07, 6.45) is 2.31. The minimum Gasteiger partial charge on any atom is -0.389 e. The van der Waals surface area contributed by atoms with Gasteiger partial charge in [0, 0.05) is 36.9 Å². The SMILES string of the molecule is C.C=CC(=O)N1C[C@H](C)N(c2nc(=O)n(-c3c(C)ccnc3C(C)C)c3nc(-c4ccccc4C(C)O)c(Cl)cc23)C[C@H]1C. The molecule has 1 amide bonds. The number of aliphatic hydroxyl groups is 1. The second-order valence-electron chi connectivity index (χ2n) is 11.6. The fourth-order valence-corrected chi connectivity index (χ4v) is 6.18. The highest BCUT2D eigenvalue weighted by molar-refractivity contribution is 6.34. The molecule has 4 aromatic rings. The maximum absolute atomic E-state index is 14.1. The Bertz CT molecular complexity index is 1780. The first-order chi connectivity index (χ1) is 20.4. The van der Waals surface area contributed by atoms with Crippen LogP contribution < -0.4 is 10.6 Å². The molecule has 1 aliphatic heterocycles. The van der Waals surface area contributed by atoms with E-state index in [2.05, 4.69) is 16.5 Å². The van der Waals surface area contributed by atoms with Crippen molar-refractivity contribution in [1.82, 2.24) is 24.4 Å². The molecule has 232 valence electrons. The van der Waals surface area contributed by atoms with Crippen LogP contribution in [-0.4, -0.2) is 60.6 Å². The van der Waals surface area contributed by atoms with E-state index in [1.807, 2.05) is 69.9 Å². The first-order valence-electron chi connectivity index (χ1n) is 14.5. The number of hydrogen-bond acceptors (Lipinski definition) is 7. The Hall–Kier alpha value is -4.08. The molecule has 0 spiro atoms. The number of rotatable bonds is 6. The predicted molar refractivity (Wildman–Crippen MR) is 178 cm³/mol. The van der Waals surface area contributed by atoms with Crippen LogP contribution in [0.2, 0.25) is 5.02 Å². The number of carbonyl (C=O) groups excluding carboxylic acids is 1. The molecule has 3 aromatic heterocycles. The number of carbonyl (C=O) groups is 1. The number of aryl methyl sites for hydroxylation is 1. The third kappa shape index (κ3) is 5.74. The van der Waals surface area contributed by atoms with Crippen LogP contribution in [0.1, 0.15) is 70.9 Å². The van der Waals surface area contributed by atoms with Crippen LogP contribution in [0.25, 0.3) is 28.0 Å². The number of benzene rings is 1. The number of pyridine rings is 2. The molecule has 10 heteroatoms. The van der Waals surface area contributed by atoms with Gasteiger partial charge < -0.3 is 14.9 Å². The molecular weight excluding hydrogens is 576 g/mol. The smallest absolute Gasteiger partial charge is 0.355 e. The number of anilines is 1. The highest BCUT2D eigenvalue weighted by atomic mass is 35.5. The summed E-state index contributed by atoms with van der Waals surface area (Å²) in [7, 11) is 0. The van der Waals surface area contributed by atoms with Crippen molar-refractivity contribution < 1.29 is 9.90 Å². The summed E-state index contributed by atoms with van der Waals surface area (Å²) >= 11 is 6.97. The quantitative estimate of drug-likeness (QED) is 0.256. The van der Waals surface area contributed by atoms with E-state index in [9.17, 15) is 14.7 Å². The number of fused-ring (bicyclic) bond motifs is 1. The third-order valence-corrected chi connectivity index (χ3v) is 8.40. The Morgan fingerprint density at radius 3 is 2.48 bits per heavy atom. The minimum absolute atomic E-state index is 0. The van der Waals surface area contributed by atoms with Gasteiger partial charge in [-0.3, -0.25) is 9.78 Å². The lowest BCUT2D eigenvalue weighted by Gasteiger charge is -2.44. The molecule has 0 aliphatic carbocycles. The number of aromatic nitrogens is 4. The Labute approximate surface area is 263 Å². The van der Waals surface area contributed by atoms with Crippen LogP contribution >= 0.6 is 11.6 Å². The van der Waals surface area contributed by atoms with Crippen molar-refractivity contribution in [2.45, 2.75) is 73.1 Å². The largest absolute Gasteiger partial charge is 0.389 e. The van der Waals surface area contributed by atoms with E-state index in [0.29, 0.717) is 57.5 Å². The molecule has 1 aliphatic rings. The predicted octanol–water partition coefficient (Wildman–Crippen LogP) is 6.23. The van der Waals surface area contributed by atoms with Crippen LogP contribution in [0.3, 0.4) is 0 Å². The second-order valence-corrected chi connectivity index (χ2v) is 12.0. The van der Waals surface area contributed by atoms with Crippen LogP contribution in [-0.2, 0) is 4.79 Å². The van der Waals surface area contributed by atoms with E-state index in [0.717, 1.165) is 11.3 Å². The Morgan fingerprint density at radius 2 is 1.82 bits per heavy atom. The lowest BCUT2D eigenvalue weighted by Crippen LogP contribution is -2.58. The fraction of sp³-hybridized carbons (Fsp3) is 0.382. The third-order valence-electron chi connectivity index (χ3n) is 8.11. The molecule has 1 saturated heterocycles. The molecule has 0 radical (unpaired) electrons. The summed E-state index contributed by atoms with van der Waals surface area (Å²) < 4.78 is 1.53. The maximum Gasteiger partial charge on any atom is 0.355 e. The highest BCUT2D eigenvalue weighted by Gasteiger charge is 2.34. The van der Waals surface area contributed by atoms with Gasteiger partial charge in [0.05, 0.1) is 33.6 Å². The van der Waals surface area contributed by atoms with Gasteiger partial charge in [-0.1, -0.05) is 63.7 Å². The summed E-state index contributed by atoms with van der Waals surface area (Å²) in [5.74, 6) is 0.348. The molecular formula is C34H41ClN6O3. The number of aliphatic hydroxyl groups excluding tert-OH is 1. The molecule has 1 N–H and O–H groups in total. The van der Waals surface area contributed by atoms with Crippen molar-refractivity contribution in [1.29, 1.82) is 0 Å². The average Bonchev–Trinajstić information content (AvgIpc) is 2.97. The molecule has 5 rings (SSSR count). The number of amides is 1. The van der Waals surface area contributed by atoms with E-state index in [1.54, 1.807) is 24.1 Å². The van der Waals surface area contributed by atoms with Gasteiger partial charge in [0.15, 0.2) is 5.65 Å². The zero-order chi connectivity index (χ0) is 31.2. The van der Waals surface area contributed by atoms with E-state index >= 15 is 0 Å². The van der Waals surface area contributed by atoms with Gasteiger partial charge in [0.1, 0.15) is 5.82 Å². The van der Waals surface area contributed by atoms with Crippen molar-refractivity contribution >= 4 is 34.4 Å². The zero-order valence-corrected chi connectivity index (χ0v) is 26.1. The van der Waals surface area contributed by atoms with Crippen molar-refractivity contribution in [3.63, 3.8) is 0 Å². The van der Waals surface area contributed by atoms with Crippen LogP contribution in [0.15, 0.2) is 60.0 Å². The lowest BCUT2D eigenvalue weighted by atomic mass is 9.99. The van der Waals surface area contributed by atoms with E-state index in [1.165, 1.54) is 10.6 Å². The van der Waals surface area contributed by atoms with Gasteiger partial charge in [-0.05, 0) is 62.9 Å². The first-order valence-corrected chi connectivity index (χ1v) is 14.9. The number of piperazine rings is 1. The number of hydrogen-bond donors (Lipinski definition) is 1. The molecule has 44 heavy (non-hydrogen) atoms. The lowest BCUT2D eigenvalue weighted by molar-refractivity contribution is -0.128. The van der Waals surface area contributed by atoms with E-state index in [4.69, 9.17) is 16.6 Å². The molecule has 4 heterocycles. The van der Waals surface area contributed by atoms with E-state index < -0.39 is 11.8 Å². The summed E-state index contributed by atoms with van der Waals surface area (Å²) in [5, 5.41) is 11.5. The molecule has 0 bridgehead atoms. The highest BCUT2D eigenvalue weighted by Crippen LogP contribution is 2.38. The summed E-state index contributed by atoms with van der Waals surface area (Å²) in [6, 6.07) is 10.8. The maximum atomic E-state index is 14.1.